The summed E-state index contributed by atoms with van der Waals surface area (Å²) in [6.45, 7) is -0.0950. The zero-order valence-electron chi connectivity index (χ0n) is 25.4. The Morgan fingerprint density at radius 2 is 1.34 bits per heavy atom. The summed E-state index contributed by atoms with van der Waals surface area (Å²) in [5.74, 6) is -3.99. The van der Waals surface area contributed by atoms with Gasteiger partial charge in [-0.3, -0.25) is 14.6 Å². The van der Waals surface area contributed by atoms with Gasteiger partial charge in [-0.1, -0.05) is 91.0 Å². The first-order valence-electron chi connectivity index (χ1n) is 14.7. The summed E-state index contributed by atoms with van der Waals surface area (Å²) in [5, 5.41) is 26.0. The third-order valence-electron chi connectivity index (χ3n) is 6.91. The van der Waals surface area contributed by atoms with E-state index in [2.05, 4.69) is 15.6 Å². The number of hydrogen-bond donors (Lipinski definition) is 5. The highest BCUT2D eigenvalue weighted by atomic mass is 16.7. The van der Waals surface area contributed by atoms with Gasteiger partial charge in [-0.25, -0.2) is 19.7 Å². The number of guanidine groups is 1. The Labute approximate surface area is 270 Å². The molecule has 0 heterocycles. The predicted octanol–water partition coefficient (Wildman–Crippen LogP) is 1.78. The standard InChI is InChI=1S/C32H37N7O8/c33-31(34)35-18-10-17-27(30(42)43)38(39(45)46)29(41)26(20-23-13-6-2-7-14-23)36-28(40)25(19-22-11-4-1-5-12-22)37-32(44)47-21-24-15-8-3-9-16-24/h1-9,11-16,25-27H,10,17-21H2,(H,36,40)(H,37,44)(H,42,43)(H4,33,34,35)/t25-,26+,27+/m1/s1. The molecule has 3 aromatic carbocycles. The molecule has 248 valence electrons. The van der Waals surface area contributed by atoms with Gasteiger partial charge < -0.3 is 31.9 Å². The molecule has 3 rings (SSSR count). The van der Waals surface area contributed by atoms with E-state index < -0.39 is 47.0 Å². The van der Waals surface area contributed by atoms with Crippen molar-refractivity contribution in [2.45, 2.75) is 50.4 Å². The monoisotopic (exact) mass is 647 g/mol. The van der Waals surface area contributed by atoms with Crippen molar-refractivity contribution in [1.29, 1.82) is 0 Å². The molecule has 0 aliphatic heterocycles. The number of carboxylic acid groups (broad SMARTS) is 1. The summed E-state index contributed by atoms with van der Waals surface area (Å²) in [7, 11) is 0. The number of aliphatic carboxylic acids is 1. The van der Waals surface area contributed by atoms with Crippen molar-refractivity contribution >= 4 is 29.8 Å². The minimum absolute atomic E-state index is 0.000504. The molecule has 0 saturated heterocycles. The van der Waals surface area contributed by atoms with E-state index in [1.807, 2.05) is 6.07 Å². The highest BCUT2D eigenvalue weighted by Crippen LogP contribution is 2.15. The van der Waals surface area contributed by atoms with Gasteiger partial charge in [0, 0.05) is 19.4 Å². The third kappa shape index (κ3) is 11.8. The van der Waals surface area contributed by atoms with E-state index >= 15 is 0 Å². The average molecular weight is 648 g/mol. The number of ether oxygens (including phenoxy) is 1. The Kier molecular flexibility index (Phi) is 13.7. The molecule has 0 aromatic heterocycles. The zero-order valence-corrected chi connectivity index (χ0v) is 25.4. The average Bonchev–Trinajstić information content (AvgIpc) is 3.05. The maximum atomic E-state index is 13.8. The molecule has 0 spiro atoms. The molecule has 0 radical (unpaired) electrons. The summed E-state index contributed by atoms with van der Waals surface area (Å²) in [6, 6.07) is 21.2. The summed E-state index contributed by atoms with van der Waals surface area (Å²) < 4.78 is 5.30. The Hall–Kier alpha value is -5.99. The second kappa shape index (κ2) is 18.1. The first-order chi connectivity index (χ1) is 22.5. The Balaban J connectivity index is 1.88. The van der Waals surface area contributed by atoms with Gasteiger partial charge in [-0.15, -0.1) is 0 Å². The van der Waals surface area contributed by atoms with Crippen LogP contribution in [0.2, 0.25) is 0 Å². The predicted molar refractivity (Wildman–Crippen MR) is 171 cm³/mol. The summed E-state index contributed by atoms with van der Waals surface area (Å²) >= 11 is 0. The Morgan fingerprint density at radius 3 is 1.83 bits per heavy atom. The van der Waals surface area contributed by atoms with E-state index in [9.17, 15) is 34.4 Å². The lowest BCUT2D eigenvalue weighted by atomic mass is 10.0. The highest BCUT2D eigenvalue weighted by Gasteiger charge is 2.43. The fourth-order valence-corrected chi connectivity index (χ4v) is 4.64. The van der Waals surface area contributed by atoms with Crippen LogP contribution in [0.4, 0.5) is 4.79 Å². The van der Waals surface area contributed by atoms with Gasteiger partial charge in [0.05, 0.1) is 0 Å². The first-order valence-corrected chi connectivity index (χ1v) is 14.7. The number of rotatable bonds is 17. The van der Waals surface area contributed by atoms with Crippen LogP contribution in [0.3, 0.4) is 0 Å². The molecular formula is C32H37N7O8. The number of aliphatic imine (C=N–C) groups is 1. The van der Waals surface area contributed by atoms with Crippen LogP contribution in [-0.4, -0.2) is 69.7 Å². The van der Waals surface area contributed by atoms with Crippen molar-refractivity contribution in [3.63, 3.8) is 0 Å². The van der Waals surface area contributed by atoms with E-state index in [0.29, 0.717) is 16.7 Å². The molecule has 0 unspecified atom stereocenters. The van der Waals surface area contributed by atoms with Crippen LogP contribution in [0.25, 0.3) is 0 Å². The number of carbonyl (C=O) groups is 4. The van der Waals surface area contributed by atoms with E-state index in [-0.39, 0.29) is 49.8 Å². The van der Waals surface area contributed by atoms with Gasteiger partial charge in [0.15, 0.2) is 17.0 Å². The van der Waals surface area contributed by atoms with Crippen LogP contribution < -0.4 is 22.1 Å². The van der Waals surface area contributed by atoms with Crippen molar-refractivity contribution in [1.82, 2.24) is 15.6 Å². The lowest BCUT2D eigenvalue weighted by Crippen LogP contribution is -2.59. The van der Waals surface area contributed by atoms with Crippen LogP contribution in [0.5, 0.6) is 0 Å². The molecule has 15 heteroatoms. The van der Waals surface area contributed by atoms with Crippen LogP contribution in [0.1, 0.15) is 29.5 Å². The van der Waals surface area contributed by atoms with Crippen molar-refractivity contribution in [3.8, 4) is 0 Å². The summed E-state index contributed by atoms with van der Waals surface area (Å²) in [6.07, 6.45) is -1.48. The molecule has 0 aliphatic rings. The molecule has 0 saturated carbocycles. The number of carbonyl (C=O) groups excluding carboxylic acids is 3. The number of nitrogens with two attached hydrogens (primary N) is 2. The van der Waals surface area contributed by atoms with Crippen molar-refractivity contribution in [2.75, 3.05) is 6.54 Å². The maximum absolute atomic E-state index is 13.8. The van der Waals surface area contributed by atoms with E-state index in [4.69, 9.17) is 16.2 Å². The van der Waals surface area contributed by atoms with Crippen LogP contribution in [0.15, 0.2) is 96.0 Å². The molecular weight excluding hydrogens is 610 g/mol. The fourth-order valence-electron chi connectivity index (χ4n) is 4.64. The Bertz CT molecular complexity index is 1520. The number of carboxylic acids is 1. The molecule has 15 nitrogen and oxygen atoms in total. The number of nitrogens with zero attached hydrogens (tertiary/aromatic N) is 3. The smallest absolute Gasteiger partial charge is 0.408 e. The van der Waals surface area contributed by atoms with Gasteiger partial charge in [0.2, 0.25) is 5.91 Å². The second-order valence-electron chi connectivity index (χ2n) is 10.4. The zero-order chi connectivity index (χ0) is 34.2. The lowest BCUT2D eigenvalue weighted by molar-refractivity contribution is -0.640. The summed E-state index contributed by atoms with van der Waals surface area (Å²) in [4.78, 5) is 68.4. The topological polar surface area (TPSA) is 233 Å². The quantitative estimate of drug-likeness (QED) is 0.0468. The molecule has 7 N–H and O–H groups in total. The molecule has 3 aromatic rings. The number of amides is 3. The molecule has 0 bridgehead atoms. The molecule has 3 amide bonds. The van der Waals surface area contributed by atoms with Gasteiger partial charge in [0.25, 0.3) is 0 Å². The van der Waals surface area contributed by atoms with Gasteiger partial charge >= 0.3 is 18.0 Å². The first kappa shape index (κ1) is 35.5. The normalized spacial score (nSPS) is 12.4. The maximum Gasteiger partial charge on any atom is 0.408 e. The number of nitro groups is 1. The van der Waals surface area contributed by atoms with Crippen LogP contribution in [-0.2, 0) is 38.6 Å². The second-order valence-corrected chi connectivity index (χ2v) is 10.4. The van der Waals surface area contributed by atoms with Crippen molar-refractivity contribution in [2.24, 2.45) is 16.5 Å². The lowest BCUT2D eigenvalue weighted by Gasteiger charge is -2.26. The highest BCUT2D eigenvalue weighted by molar-refractivity contribution is 5.92. The molecule has 47 heavy (non-hydrogen) atoms. The third-order valence-corrected chi connectivity index (χ3v) is 6.91. The minimum Gasteiger partial charge on any atom is -0.480 e. The Morgan fingerprint density at radius 1 is 0.830 bits per heavy atom. The number of nitrogens with one attached hydrogen (secondary N) is 2. The van der Waals surface area contributed by atoms with Gasteiger partial charge in [-0.2, -0.15) is 0 Å². The number of hydrazine groups is 1. The van der Waals surface area contributed by atoms with Crippen LogP contribution >= 0.6 is 0 Å². The number of alkyl carbamates (subject to hydrolysis) is 1. The van der Waals surface area contributed by atoms with Gasteiger partial charge in [0.1, 0.15) is 18.7 Å². The van der Waals surface area contributed by atoms with Crippen molar-refractivity contribution in [3.05, 3.63) is 118 Å². The SMILES string of the molecule is NC(N)=NCCC[C@@H](C(=O)O)N(C(=O)[C@H](Cc1ccccc1)NC(=O)[C@@H](Cc1ccccc1)NC(=O)OCc1ccccc1)[N+](=O)[O-]. The van der Waals surface area contributed by atoms with Crippen molar-refractivity contribution < 1.29 is 34.1 Å². The molecule has 0 fully saturated rings. The van der Waals surface area contributed by atoms with E-state index in [1.54, 1.807) is 84.9 Å². The number of hydrogen-bond acceptors (Lipinski definition) is 8. The van der Waals surface area contributed by atoms with E-state index in [0.717, 1.165) is 0 Å². The summed E-state index contributed by atoms with van der Waals surface area (Å²) in [5.41, 5.74) is 12.5. The van der Waals surface area contributed by atoms with E-state index in [1.165, 1.54) is 0 Å². The fraction of sp³-hybridized carbons (Fsp3) is 0.281. The minimum atomic E-state index is -1.90. The van der Waals surface area contributed by atoms with Gasteiger partial charge in [-0.05, 0) is 34.5 Å². The van der Waals surface area contributed by atoms with Crippen LogP contribution in [0, 0.1) is 10.1 Å². The number of benzene rings is 3. The molecule has 3 atom stereocenters. The molecule has 0 aliphatic carbocycles. The largest absolute Gasteiger partial charge is 0.480 e.